The average molecular weight is 264 g/mol. The van der Waals surface area contributed by atoms with Gasteiger partial charge in [0.1, 0.15) is 0 Å². The molecule has 0 bridgehead atoms. The van der Waals surface area contributed by atoms with Gasteiger partial charge in [-0.3, -0.25) is 9.20 Å². The van der Waals surface area contributed by atoms with Crippen LogP contribution < -0.4 is 10.9 Å². The third-order valence-corrected chi connectivity index (χ3v) is 3.72. The molecule has 1 N–H and O–H groups in total. The Balaban J connectivity index is 2.14. The van der Waals surface area contributed by atoms with E-state index in [0.29, 0.717) is 16.6 Å². The molecule has 0 amide bonds. The molecule has 2 aromatic heterocycles. The van der Waals surface area contributed by atoms with Gasteiger partial charge in [-0.25, -0.2) is 4.98 Å². The van der Waals surface area contributed by atoms with E-state index in [-0.39, 0.29) is 5.56 Å². The Labute approximate surface area is 110 Å². The predicted octanol–water partition coefficient (Wildman–Crippen LogP) is 1.81. The summed E-state index contributed by atoms with van der Waals surface area (Å²) in [4.78, 5) is 16.6. The van der Waals surface area contributed by atoms with Crippen molar-refractivity contribution in [2.45, 2.75) is 18.8 Å². The number of pyridine rings is 1. The van der Waals surface area contributed by atoms with Crippen molar-refractivity contribution in [1.29, 1.82) is 0 Å². The number of nitrogens with zero attached hydrogens (tertiary/aromatic N) is 2. The van der Waals surface area contributed by atoms with Crippen LogP contribution in [0, 0.1) is 0 Å². The second-order valence-corrected chi connectivity index (χ2v) is 5.00. The summed E-state index contributed by atoms with van der Waals surface area (Å²) < 4.78 is 1.49. The first-order valence-electron chi connectivity index (χ1n) is 6.14. The van der Waals surface area contributed by atoms with E-state index in [9.17, 15) is 4.79 Å². The summed E-state index contributed by atoms with van der Waals surface area (Å²) in [6.07, 6.45) is 3.74. The van der Waals surface area contributed by atoms with E-state index in [1.54, 1.807) is 24.4 Å². The van der Waals surface area contributed by atoms with Crippen molar-refractivity contribution in [3.63, 3.8) is 0 Å². The zero-order valence-electron chi connectivity index (χ0n) is 9.90. The molecular weight excluding hydrogens is 250 g/mol. The molecule has 0 unspecified atom stereocenters. The highest BCUT2D eigenvalue weighted by molar-refractivity contribution is 6.33. The van der Waals surface area contributed by atoms with Crippen LogP contribution in [0.25, 0.3) is 5.65 Å². The van der Waals surface area contributed by atoms with Crippen LogP contribution in [0.5, 0.6) is 0 Å². The molecule has 3 rings (SSSR count). The van der Waals surface area contributed by atoms with Gasteiger partial charge in [-0.05, 0) is 38.1 Å². The van der Waals surface area contributed by atoms with Crippen LogP contribution in [0.4, 0.5) is 0 Å². The minimum atomic E-state index is -0.0592. The number of fused-ring (bicyclic) bond motifs is 1. The van der Waals surface area contributed by atoms with Crippen molar-refractivity contribution >= 4 is 17.2 Å². The van der Waals surface area contributed by atoms with Gasteiger partial charge in [-0.2, -0.15) is 0 Å². The van der Waals surface area contributed by atoms with Crippen LogP contribution in [-0.2, 0) is 0 Å². The zero-order chi connectivity index (χ0) is 12.5. The Morgan fingerprint density at radius 3 is 2.94 bits per heavy atom. The molecule has 0 atom stereocenters. The van der Waals surface area contributed by atoms with E-state index < -0.39 is 0 Å². The molecule has 3 heterocycles. The molecule has 18 heavy (non-hydrogen) atoms. The lowest BCUT2D eigenvalue weighted by Gasteiger charge is -2.22. The second-order valence-electron chi connectivity index (χ2n) is 4.59. The molecule has 1 aliphatic heterocycles. The number of rotatable bonds is 1. The van der Waals surface area contributed by atoms with Crippen LogP contribution in [-0.4, -0.2) is 22.5 Å². The van der Waals surface area contributed by atoms with Gasteiger partial charge < -0.3 is 5.32 Å². The molecular formula is C13H14ClN3O. The van der Waals surface area contributed by atoms with Gasteiger partial charge >= 0.3 is 0 Å². The number of hydrogen-bond acceptors (Lipinski definition) is 3. The van der Waals surface area contributed by atoms with E-state index in [0.717, 1.165) is 31.6 Å². The maximum atomic E-state index is 12.0. The SMILES string of the molecule is O=c1cc(C2CCNCC2)nc2c(Cl)cccn12. The molecule has 2 aromatic rings. The summed E-state index contributed by atoms with van der Waals surface area (Å²) >= 11 is 6.11. The van der Waals surface area contributed by atoms with E-state index >= 15 is 0 Å². The first kappa shape index (κ1) is 11.7. The Bertz CT molecular complexity index is 632. The Morgan fingerprint density at radius 1 is 1.39 bits per heavy atom. The van der Waals surface area contributed by atoms with Crippen molar-refractivity contribution in [2.24, 2.45) is 0 Å². The normalized spacial score (nSPS) is 17.2. The van der Waals surface area contributed by atoms with Gasteiger partial charge in [-0.1, -0.05) is 11.6 Å². The Kier molecular flexibility index (Phi) is 3.06. The summed E-state index contributed by atoms with van der Waals surface area (Å²) in [5.74, 6) is 0.361. The van der Waals surface area contributed by atoms with Gasteiger partial charge in [-0.15, -0.1) is 0 Å². The fourth-order valence-corrected chi connectivity index (χ4v) is 2.64. The smallest absolute Gasteiger partial charge is 0.258 e. The van der Waals surface area contributed by atoms with E-state index in [1.165, 1.54) is 4.40 Å². The molecule has 0 aliphatic carbocycles. The first-order valence-corrected chi connectivity index (χ1v) is 6.52. The van der Waals surface area contributed by atoms with Crippen molar-refractivity contribution in [2.75, 3.05) is 13.1 Å². The van der Waals surface area contributed by atoms with Gasteiger partial charge in [0.2, 0.25) is 0 Å². The lowest BCUT2D eigenvalue weighted by atomic mass is 9.94. The molecule has 4 nitrogen and oxygen atoms in total. The molecule has 5 heteroatoms. The second kappa shape index (κ2) is 4.71. The molecule has 0 radical (unpaired) electrons. The van der Waals surface area contributed by atoms with Crippen LogP contribution in [0.15, 0.2) is 29.2 Å². The van der Waals surface area contributed by atoms with E-state index in [2.05, 4.69) is 10.3 Å². The van der Waals surface area contributed by atoms with Gasteiger partial charge in [0.05, 0.1) is 10.7 Å². The van der Waals surface area contributed by atoms with Crippen molar-refractivity contribution < 1.29 is 0 Å². The third-order valence-electron chi connectivity index (χ3n) is 3.42. The monoisotopic (exact) mass is 263 g/mol. The summed E-state index contributed by atoms with van der Waals surface area (Å²) in [6.45, 7) is 1.96. The lowest BCUT2D eigenvalue weighted by Crippen LogP contribution is -2.28. The molecule has 1 saturated heterocycles. The maximum absolute atomic E-state index is 12.0. The Hall–Kier alpha value is -1.39. The minimum Gasteiger partial charge on any atom is -0.317 e. The number of piperidine rings is 1. The molecule has 0 aromatic carbocycles. The zero-order valence-corrected chi connectivity index (χ0v) is 10.7. The number of halogens is 1. The highest BCUT2D eigenvalue weighted by Gasteiger charge is 2.18. The molecule has 0 spiro atoms. The quantitative estimate of drug-likeness (QED) is 0.854. The van der Waals surface area contributed by atoms with Crippen LogP contribution >= 0.6 is 11.6 Å². The standard InChI is InChI=1S/C13H14ClN3O/c14-10-2-1-7-17-12(18)8-11(16-13(10)17)9-3-5-15-6-4-9/h1-2,7-9,15H,3-6H2. The van der Waals surface area contributed by atoms with Crippen molar-refractivity contribution in [1.82, 2.24) is 14.7 Å². The third kappa shape index (κ3) is 2.02. The van der Waals surface area contributed by atoms with Gasteiger partial charge in [0, 0.05) is 18.2 Å². The van der Waals surface area contributed by atoms with Crippen LogP contribution in [0.3, 0.4) is 0 Å². The highest BCUT2D eigenvalue weighted by Crippen LogP contribution is 2.24. The van der Waals surface area contributed by atoms with Gasteiger partial charge in [0.15, 0.2) is 5.65 Å². The van der Waals surface area contributed by atoms with Gasteiger partial charge in [0.25, 0.3) is 5.56 Å². The largest absolute Gasteiger partial charge is 0.317 e. The molecule has 94 valence electrons. The minimum absolute atomic E-state index is 0.0592. The fourth-order valence-electron chi connectivity index (χ4n) is 2.44. The van der Waals surface area contributed by atoms with Crippen LogP contribution in [0.2, 0.25) is 5.02 Å². The molecule has 1 aliphatic rings. The summed E-state index contributed by atoms with van der Waals surface area (Å²) in [7, 11) is 0. The molecule has 0 saturated carbocycles. The highest BCUT2D eigenvalue weighted by atomic mass is 35.5. The lowest BCUT2D eigenvalue weighted by molar-refractivity contribution is 0.453. The number of nitrogens with one attached hydrogen (secondary N) is 1. The Morgan fingerprint density at radius 2 is 2.17 bits per heavy atom. The number of aromatic nitrogens is 2. The van der Waals surface area contributed by atoms with E-state index in [4.69, 9.17) is 11.6 Å². The molecule has 1 fully saturated rings. The van der Waals surface area contributed by atoms with Crippen molar-refractivity contribution in [3.05, 3.63) is 45.5 Å². The summed E-state index contributed by atoms with van der Waals surface area (Å²) in [5, 5.41) is 3.83. The number of hydrogen-bond donors (Lipinski definition) is 1. The first-order chi connectivity index (χ1) is 8.75. The fraction of sp³-hybridized carbons (Fsp3) is 0.385. The predicted molar refractivity (Wildman–Crippen MR) is 71.3 cm³/mol. The van der Waals surface area contributed by atoms with Crippen LogP contribution in [0.1, 0.15) is 24.5 Å². The average Bonchev–Trinajstić information content (AvgIpc) is 2.41. The summed E-state index contributed by atoms with van der Waals surface area (Å²) in [5.41, 5.74) is 1.37. The van der Waals surface area contributed by atoms with Crippen molar-refractivity contribution in [3.8, 4) is 0 Å². The topological polar surface area (TPSA) is 46.4 Å². The maximum Gasteiger partial charge on any atom is 0.258 e. The summed E-state index contributed by atoms with van der Waals surface area (Å²) in [6, 6.07) is 5.15. The van der Waals surface area contributed by atoms with E-state index in [1.807, 2.05) is 0 Å².